The third-order valence-electron chi connectivity index (χ3n) is 3.04. The summed E-state index contributed by atoms with van der Waals surface area (Å²) in [7, 11) is 0. The summed E-state index contributed by atoms with van der Waals surface area (Å²) in [6.07, 6.45) is 5.24. The summed E-state index contributed by atoms with van der Waals surface area (Å²) in [6, 6.07) is 8.80. The lowest BCUT2D eigenvalue weighted by Crippen LogP contribution is -2.22. The highest BCUT2D eigenvalue weighted by molar-refractivity contribution is 8.13. The summed E-state index contributed by atoms with van der Waals surface area (Å²) in [5.41, 5.74) is 2.11. The molecule has 0 fully saturated rings. The van der Waals surface area contributed by atoms with Crippen LogP contribution in [0.5, 0.6) is 0 Å². The number of amidine groups is 1. The van der Waals surface area contributed by atoms with E-state index in [9.17, 15) is 4.79 Å². The maximum absolute atomic E-state index is 12.1. The van der Waals surface area contributed by atoms with Crippen LogP contribution in [-0.4, -0.2) is 17.3 Å². The second-order valence-electron chi connectivity index (χ2n) is 4.62. The molecule has 1 aromatic carbocycles. The van der Waals surface area contributed by atoms with Crippen molar-refractivity contribution in [1.82, 2.24) is 10.6 Å². The zero-order chi connectivity index (χ0) is 16.7. The Morgan fingerprint density at radius 2 is 2.26 bits per heavy atom. The van der Waals surface area contributed by atoms with Crippen LogP contribution in [0.2, 0.25) is 0 Å². The highest BCUT2D eigenvalue weighted by Crippen LogP contribution is 2.21. The molecular formula is C16H16N4O2S. The number of aryl methyl sites for hydroxylation is 1. The van der Waals surface area contributed by atoms with Gasteiger partial charge in [0.25, 0.3) is 5.91 Å². The monoisotopic (exact) mass is 328 g/mol. The number of rotatable bonds is 4. The summed E-state index contributed by atoms with van der Waals surface area (Å²) in [5.74, 6) is 0.517. The van der Waals surface area contributed by atoms with Gasteiger partial charge in [-0.15, -0.1) is 0 Å². The Morgan fingerprint density at radius 3 is 2.87 bits per heavy atom. The van der Waals surface area contributed by atoms with Gasteiger partial charge in [0.05, 0.1) is 18.5 Å². The van der Waals surface area contributed by atoms with E-state index in [0.29, 0.717) is 28.7 Å². The fraction of sp³-hybridized carbons (Fsp3) is 0.188. The number of furan rings is 1. The van der Waals surface area contributed by atoms with Gasteiger partial charge in [0, 0.05) is 5.56 Å². The smallest absolute Gasteiger partial charge is 0.251 e. The van der Waals surface area contributed by atoms with Gasteiger partial charge in [-0.1, -0.05) is 11.8 Å². The fourth-order valence-electron chi connectivity index (χ4n) is 1.89. The largest absolute Gasteiger partial charge is 0.467 e. The van der Waals surface area contributed by atoms with E-state index < -0.39 is 0 Å². The molecule has 0 saturated carbocycles. The minimum Gasteiger partial charge on any atom is -0.467 e. The summed E-state index contributed by atoms with van der Waals surface area (Å²) < 4.78 is 5.17. The van der Waals surface area contributed by atoms with Crippen LogP contribution >= 0.6 is 11.8 Å². The molecule has 0 atom stereocenters. The fourth-order valence-corrected chi connectivity index (χ4v) is 2.22. The van der Waals surface area contributed by atoms with E-state index in [1.54, 1.807) is 36.6 Å². The molecule has 0 saturated heterocycles. The minimum atomic E-state index is -0.180. The number of thioether (sulfide) groups is 1. The molecule has 0 spiro atoms. The summed E-state index contributed by atoms with van der Waals surface area (Å²) >= 11 is 1.34. The van der Waals surface area contributed by atoms with Gasteiger partial charge >= 0.3 is 0 Å². The predicted molar refractivity (Wildman–Crippen MR) is 90.4 cm³/mol. The predicted octanol–water partition coefficient (Wildman–Crippen LogP) is 2.94. The molecule has 0 radical (unpaired) electrons. The van der Waals surface area contributed by atoms with Crippen molar-refractivity contribution in [1.29, 1.82) is 5.26 Å². The lowest BCUT2D eigenvalue weighted by atomic mass is 10.1. The molecule has 118 valence electrons. The topological polar surface area (TPSA) is 90.4 Å². The molecule has 0 aliphatic heterocycles. The van der Waals surface area contributed by atoms with Crippen molar-refractivity contribution in [2.45, 2.75) is 13.5 Å². The second-order valence-corrected chi connectivity index (χ2v) is 5.42. The number of carbonyl (C=O) groups is 1. The van der Waals surface area contributed by atoms with Crippen molar-refractivity contribution in [3.05, 3.63) is 53.5 Å². The SMILES string of the molecule is CSC(=Nc1ccc(C(=O)NCc2ccco2)cc1C)NC#N. The molecule has 2 rings (SSSR count). The van der Waals surface area contributed by atoms with Crippen molar-refractivity contribution in [2.75, 3.05) is 6.26 Å². The van der Waals surface area contributed by atoms with Crippen molar-refractivity contribution in [3.8, 4) is 6.19 Å². The van der Waals surface area contributed by atoms with Crippen LogP contribution in [0, 0.1) is 18.4 Å². The first-order chi connectivity index (χ1) is 11.1. The maximum Gasteiger partial charge on any atom is 0.251 e. The average molecular weight is 328 g/mol. The quantitative estimate of drug-likeness (QED) is 0.390. The summed E-state index contributed by atoms with van der Waals surface area (Å²) in [5, 5.41) is 14.5. The average Bonchev–Trinajstić information content (AvgIpc) is 3.07. The van der Waals surface area contributed by atoms with E-state index in [0.717, 1.165) is 5.56 Å². The first kappa shape index (κ1) is 16.6. The molecule has 1 aromatic heterocycles. The van der Waals surface area contributed by atoms with E-state index in [-0.39, 0.29) is 5.91 Å². The number of nitrogens with zero attached hydrogens (tertiary/aromatic N) is 2. The van der Waals surface area contributed by atoms with Gasteiger partial charge < -0.3 is 9.73 Å². The zero-order valence-electron chi connectivity index (χ0n) is 12.8. The molecule has 23 heavy (non-hydrogen) atoms. The number of benzene rings is 1. The molecular weight excluding hydrogens is 312 g/mol. The second kappa shape index (κ2) is 8.06. The molecule has 0 unspecified atom stereocenters. The molecule has 0 aliphatic rings. The molecule has 6 nitrogen and oxygen atoms in total. The molecule has 1 heterocycles. The Bertz CT molecular complexity index is 748. The molecule has 7 heteroatoms. The first-order valence-electron chi connectivity index (χ1n) is 6.83. The number of hydrogen-bond donors (Lipinski definition) is 2. The van der Waals surface area contributed by atoms with Gasteiger partial charge in [0.2, 0.25) is 0 Å². The maximum atomic E-state index is 12.1. The lowest BCUT2D eigenvalue weighted by molar-refractivity contribution is 0.0948. The van der Waals surface area contributed by atoms with E-state index in [1.807, 2.05) is 19.4 Å². The molecule has 1 amide bonds. The van der Waals surface area contributed by atoms with Crippen LogP contribution in [0.15, 0.2) is 46.0 Å². The van der Waals surface area contributed by atoms with Gasteiger partial charge in [-0.2, -0.15) is 5.26 Å². The van der Waals surface area contributed by atoms with Crippen molar-refractivity contribution in [2.24, 2.45) is 4.99 Å². The van der Waals surface area contributed by atoms with Crippen LogP contribution < -0.4 is 10.6 Å². The van der Waals surface area contributed by atoms with Gasteiger partial charge in [-0.05, 0) is 49.1 Å². The molecule has 0 aliphatic carbocycles. The van der Waals surface area contributed by atoms with Crippen LogP contribution in [-0.2, 0) is 6.54 Å². The van der Waals surface area contributed by atoms with E-state index in [4.69, 9.17) is 9.68 Å². The normalized spacial score (nSPS) is 10.9. The van der Waals surface area contributed by atoms with Crippen LogP contribution in [0.3, 0.4) is 0 Å². The zero-order valence-corrected chi connectivity index (χ0v) is 13.6. The number of amides is 1. The Labute approximate surface area is 138 Å². The number of carbonyl (C=O) groups excluding carboxylic acids is 1. The van der Waals surface area contributed by atoms with E-state index in [1.165, 1.54) is 11.8 Å². The van der Waals surface area contributed by atoms with Crippen LogP contribution in [0.4, 0.5) is 5.69 Å². The van der Waals surface area contributed by atoms with Gasteiger partial charge in [0.1, 0.15) is 5.76 Å². The van der Waals surface area contributed by atoms with Crippen molar-refractivity contribution >= 4 is 28.5 Å². The Balaban J connectivity index is 2.09. The number of aliphatic imine (C=N–C) groups is 1. The molecule has 0 bridgehead atoms. The third kappa shape index (κ3) is 4.63. The van der Waals surface area contributed by atoms with E-state index in [2.05, 4.69) is 15.6 Å². The highest BCUT2D eigenvalue weighted by Gasteiger charge is 2.09. The standard InChI is InChI=1S/C16H16N4O2S/c1-11-8-12(15(21)18-9-13-4-3-7-22-13)5-6-14(11)20-16(23-2)19-10-17/h3-8H,9H2,1-2H3,(H,18,21)(H,19,20). The number of hydrogen-bond acceptors (Lipinski definition) is 5. The minimum absolute atomic E-state index is 0.180. The van der Waals surface area contributed by atoms with Crippen LogP contribution in [0.25, 0.3) is 0 Å². The van der Waals surface area contributed by atoms with Gasteiger partial charge in [-0.3, -0.25) is 10.1 Å². The lowest BCUT2D eigenvalue weighted by Gasteiger charge is -2.07. The van der Waals surface area contributed by atoms with Crippen molar-refractivity contribution < 1.29 is 9.21 Å². The third-order valence-corrected chi connectivity index (χ3v) is 3.62. The van der Waals surface area contributed by atoms with Gasteiger partial charge in [-0.25, -0.2) is 4.99 Å². The van der Waals surface area contributed by atoms with Crippen molar-refractivity contribution in [3.63, 3.8) is 0 Å². The van der Waals surface area contributed by atoms with E-state index >= 15 is 0 Å². The van der Waals surface area contributed by atoms with Crippen LogP contribution in [0.1, 0.15) is 21.7 Å². The first-order valence-corrected chi connectivity index (χ1v) is 8.05. The number of nitriles is 1. The Kier molecular flexibility index (Phi) is 5.83. The Morgan fingerprint density at radius 1 is 1.43 bits per heavy atom. The van der Waals surface area contributed by atoms with Gasteiger partial charge in [0.15, 0.2) is 11.4 Å². The highest BCUT2D eigenvalue weighted by atomic mass is 32.2. The summed E-state index contributed by atoms with van der Waals surface area (Å²) in [6.45, 7) is 2.21. The summed E-state index contributed by atoms with van der Waals surface area (Å²) in [4.78, 5) is 16.5. The molecule has 2 N–H and O–H groups in total. The number of nitrogens with one attached hydrogen (secondary N) is 2. The molecule has 2 aromatic rings. The Hall–Kier alpha value is -2.72.